The van der Waals surface area contributed by atoms with Gasteiger partial charge in [-0.25, -0.2) is 13.9 Å². The highest BCUT2D eigenvalue weighted by atomic mass is 32.2. The molecule has 7 nitrogen and oxygen atoms in total. The number of benzene rings is 1. The third-order valence-electron chi connectivity index (χ3n) is 4.01. The molecule has 0 amide bonds. The number of nitrogens with zero attached hydrogens (tertiary/aromatic N) is 1. The van der Waals surface area contributed by atoms with E-state index in [1.807, 2.05) is 0 Å². The van der Waals surface area contributed by atoms with Crippen molar-refractivity contribution in [2.45, 2.75) is 32.3 Å². The van der Waals surface area contributed by atoms with Crippen molar-refractivity contribution in [2.24, 2.45) is 0 Å². The predicted octanol–water partition coefficient (Wildman–Crippen LogP) is 2.62. The van der Waals surface area contributed by atoms with Crippen LogP contribution in [0.5, 0.6) is 0 Å². The van der Waals surface area contributed by atoms with E-state index < -0.39 is 39.1 Å². The molecule has 0 saturated heterocycles. The van der Waals surface area contributed by atoms with E-state index in [4.69, 9.17) is 9.47 Å². The number of hydrogen-bond acceptors (Lipinski definition) is 6. The highest BCUT2D eigenvalue weighted by molar-refractivity contribution is 7.93. The molecule has 0 radical (unpaired) electrons. The first kappa shape index (κ1) is 21.7. The summed E-state index contributed by atoms with van der Waals surface area (Å²) in [6.07, 6.45) is 0. The monoisotopic (exact) mass is 421 g/mol. The van der Waals surface area contributed by atoms with Crippen LogP contribution in [0.1, 0.15) is 26.3 Å². The van der Waals surface area contributed by atoms with Crippen LogP contribution < -0.4 is 4.31 Å². The molecule has 1 atom stereocenters. The molecule has 1 aromatic rings. The summed E-state index contributed by atoms with van der Waals surface area (Å²) in [4.78, 5) is 25.0. The lowest BCUT2D eigenvalue weighted by atomic mass is 9.90. The van der Waals surface area contributed by atoms with E-state index >= 15 is 0 Å². The molecular formula is C17H18F3NO6S. The molecule has 0 aromatic heterocycles. The molecule has 0 spiro atoms. The molecule has 1 aliphatic rings. The minimum atomic E-state index is -6.04. The quantitative estimate of drug-likeness (QED) is 0.679. The van der Waals surface area contributed by atoms with Gasteiger partial charge in [0.05, 0.1) is 24.5 Å². The first-order chi connectivity index (χ1) is 13.0. The topological polar surface area (TPSA) is 90.0 Å². The number of halogens is 3. The highest BCUT2D eigenvalue weighted by Crippen LogP contribution is 2.43. The molecule has 28 heavy (non-hydrogen) atoms. The fourth-order valence-corrected chi connectivity index (χ4v) is 3.99. The van der Waals surface area contributed by atoms with Crippen molar-refractivity contribution in [3.63, 3.8) is 0 Å². The molecule has 0 fully saturated rings. The van der Waals surface area contributed by atoms with E-state index in [9.17, 15) is 31.2 Å². The summed E-state index contributed by atoms with van der Waals surface area (Å²) in [5, 5.41) is 0. The molecule has 0 bridgehead atoms. The third kappa shape index (κ3) is 3.58. The Balaban J connectivity index is 2.88. The SMILES string of the molecule is CCOC(=O)C1=C(C)c2ccccc2N(S(=O)(=O)C(F)(F)F)[C@@H]1C(=O)OCC. The second-order valence-corrected chi connectivity index (χ2v) is 7.48. The van der Waals surface area contributed by atoms with Crippen LogP contribution >= 0.6 is 0 Å². The minimum Gasteiger partial charge on any atom is -0.464 e. The molecule has 0 saturated carbocycles. The number of sulfonamides is 1. The van der Waals surface area contributed by atoms with Gasteiger partial charge in [-0.1, -0.05) is 18.2 Å². The van der Waals surface area contributed by atoms with Crippen molar-refractivity contribution < 1.29 is 40.7 Å². The van der Waals surface area contributed by atoms with Crippen LogP contribution in [0, 0.1) is 0 Å². The summed E-state index contributed by atoms with van der Waals surface area (Å²) in [6.45, 7) is 3.91. The number of alkyl halides is 3. The van der Waals surface area contributed by atoms with Gasteiger partial charge in [-0.2, -0.15) is 21.6 Å². The average Bonchev–Trinajstić information content (AvgIpc) is 2.60. The number of anilines is 1. The number of carbonyl (C=O) groups is 2. The lowest BCUT2D eigenvalue weighted by Gasteiger charge is -2.37. The van der Waals surface area contributed by atoms with Crippen molar-refractivity contribution in [1.29, 1.82) is 0 Å². The smallest absolute Gasteiger partial charge is 0.464 e. The number of hydrogen-bond donors (Lipinski definition) is 0. The Labute approximate surface area is 159 Å². The van der Waals surface area contributed by atoms with Gasteiger partial charge in [0.1, 0.15) is 0 Å². The van der Waals surface area contributed by atoms with E-state index in [0.717, 1.165) is 6.07 Å². The Bertz CT molecular complexity index is 923. The summed E-state index contributed by atoms with van der Waals surface area (Å²) in [7, 11) is -6.04. The molecule has 0 unspecified atom stereocenters. The molecule has 0 aliphatic carbocycles. The maximum Gasteiger partial charge on any atom is 0.516 e. The Hall–Kier alpha value is -2.56. The molecule has 1 aromatic carbocycles. The summed E-state index contributed by atoms with van der Waals surface area (Å²) < 4.78 is 74.4. The number of carbonyl (C=O) groups excluding carboxylic acids is 2. The number of ether oxygens (including phenoxy) is 2. The fourth-order valence-electron chi connectivity index (χ4n) is 2.88. The van der Waals surface area contributed by atoms with Crippen molar-refractivity contribution in [2.75, 3.05) is 17.5 Å². The van der Waals surface area contributed by atoms with Gasteiger partial charge in [-0.15, -0.1) is 0 Å². The Kier molecular flexibility index (Phi) is 6.07. The van der Waals surface area contributed by atoms with Gasteiger partial charge in [0, 0.05) is 5.56 Å². The Morgan fingerprint density at radius 3 is 2.21 bits per heavy atom. The first-order valence-corrected chi connectivity index (χ1v) is 9.67. The zero-order chi connectivity index (χ0) is 21.3. The Morgan fingerprint density at radius 2 is 1.68 bits per heavy atom. The summed E-state index contributed by atoms with van der Waals surface area (Å²) >= 11 is 0. The average molecular weight is 421 g/mol. The van der Waals surface area contributed by atoms with Gasteiger partial charge < -0.3 is 9.47 Å². The number of fused-ring (bicyclic) bond motifs is 1. The predicted molar refractivity (Wildman–Crippen MR) is 93.5 cm³/mol. The summed E-state index contributed by atoms with van der Waals surface area (Å²) in [5.41, 5.74) is -6.44. The molecule has 2 rings (SSSR count). The maximum absolute atomic E-state index is 13.4. The van der Waals surface area contributed by atoms with Crippen LogP contribution in [0.25, 0.3) is 5.57 Å². The van der Waals surface area contributed by atoms with E-state index in [-0.39, 0.29) is 34.3 Å². The van der Waals surface area contributed by atoms with Crippen molar-refractivity contribution in [3.05, 3.63) is 35.4 Å². The number of rotatable bonds is 5. The van der Waals surface area contributed by atoms with Gasteiger partial charge >= 0.3 is 27.5 Å². The molecule has 1 aliphatic heterocycles. The Morgan fingerprint density at radius 1 is 1.11 bits per heavy atom. The largest absolute Gasteiger partial charge is 0.516 e. The van der Waals surface area contributed by atoms with Gasteiger partial charge in [-0.05, 0) is 32.4 Å². The minimum absolute atomic E-state index is 0.0546. The maximum atomic E-state index is 13.4. The van der Waals surface area contributed by atoms with Crippen molar-refractivity contribution in [1.82, 2.24) is 0 Å². The second kappa shape index (κ2) is 7.82. The van der Waals surface area contributed by atoms with Crippen LogP contribution in [-0.2, 0) is 29.1 Å². The highest BCUT2D eigenvalue weighted by Gasteiger charge is 2.57. The zero-order valence-corrected chi connectivity index (χ0v) is 16.1. The standard InChI is InChI=1S/C17H18F3NO6S/c1-4-26-15(22)13-10(3)11-8-6-7-9-12(11)21(14(13)16(23)27-5-2)28(24,25)17(18,19)20/h6-9,14H,4-5H2,1-3H3/t14-/m0/s1. The first-order valence-electron chi connectivity index (χ1n) is 8.23. The fraction of sp³-hybridized carbons (Fsp3) is 0.412. The number of para-hydroxylation sites is 1. The summed E-state index contributed by atoms with van der Waals surface area (Å²) in [5.74, 6) is -2.41. The van der Waals surface area contributed by atoms with Crippen LogP contribution in [0.2, 0.25) is 0 Å². The lowest BCUT2D eigenvalue weighted by molar-refractivity contribution is -0.147. The van der Waals surface area contributed by atoms with E-state index in [2.05, 4.69) is 0 Å². The number of esters is 2. The van der Waals surface area contributed by atoms with E-state index in [1.54, 1.807) is 0 Å². The van der Waals surface area contributed by atoms with E-state index in [0.29, 0.717) is 0 Å². The van der Waals surface area contributed by atoms with Crippen molar-refractivity contribution in [3.8, 4) is 0 Å². The number of allylic oxidation sites excluding steroid dienone is 1. The molecule has 0 N–H and O–H groups in total. The van der Waals surface area contributed by atoms with Crippen LogP contribution in [0.3, 0.4) is 0 Å². The molecule has 11 heteroatoms. The van der Waals surface area contributed by atoms with Gasteiger partial charge in [0.25, 0.3) is 0 Å². The molecule has 154 valence electrons. The van der Waals surface area contributed by atoms with E-state index in [1.165, 1.54) is 39.0 Å². The molecular weight excluding hydrogens is 403 g/mol. The third-order valence-corrected chi connectivity index (χ3v) is 5.52. The summed E-state index contributed by atoms with van der Waals surface area (Å²) in [6, 6.07) is 3.09. The van der Waals surface area contributed by atoms with Crippen LogP contribution in [-0.4, -0.2) is 45.1 Å². The second-order valence-electron chi connectivity index (χ2n) is 5.68. The van der Waals surface area contributed by atoms with Gasteiger partial charge in [0.2, 0.25) is 0 Å². The van der Waals surface area contributed by atoms with Gasteiger partial charge in [-0.3, -0.25) is 0 Å². The van der Waals surface area contributed by atoms with Crippen LogP contribution in [0.15, 0.2) is 29.8 Å². The normalized spacial score (nSPS) is 17.2. The van der Waals surface area contributed by atoms with Gasteiger partial charge in [0.15, 0.2) is 6.04 Å². The molecule has 1 heterocycles. The zero-order valence-electron chi connectivity index (χ0n) is 15.2. The lowest BCUT2D eigenvalue weighted by Crippen LogP contribution is -2.54. The van der Waals surface area contributed by atoms with Crippen molar-refractivity contribution >= 4 is 33.2 Å². The van der Waals surface area contributed by atoms with Crippen LogP contribution in [0.4, 0.5) is 18.9 Å².